The number of thiophene rings is 1. The molecular weight excluding hydrogens is 382 g/mol. The number of carbonyl (C=O) groups is 2. The van der Waals surface area contributed by atoms with E-state index in [1.807, 2.05) is 72.6 Å². The van der Waals surface area contributed by atoms with Crippen LogP contribution in [0.15, 0.2) is 72.1 Å². The van der Waals surface area contributed by atoms with Crippen molar-refractivity contribution in [2.75, 3.05) is 13.7 Å². The zero-order valence-corrected chi connectivity index (χ0v) is 17.3. The first-order valence-electron chi connectivity index (χ1n) is 9.49. The Morgan fingerprint density at radius 1 is 0.966 bits per heavy atom. The summed E-state index contributed by atoms with van der Waals surface area (Å²) >= 11 is 1.69. The fraction of sp³-hybridized carbons (Fsp3) is 0.217. The van der Waals surface area contributed by atoms with Crippen molar-refractivity contribution in [2.45, 2.75) is 19.0 Å². The number of nitrogens with one attached hydrogen (secondary N) is 1. The molecule has 3 aromatic rings. The van der Waals surface area contributed by atoms with Crippen LogP contribution in [0.25, 0.3) is 0 Å². The normalized spacial score (nSPS) is 15.8. The van der Waals surface area contributed by atoms with Crippen LogP contribution >= 0.6 is 11.3 Å². The molecule has 0 aliphatic carbocycles. The molecule has 6 heteroatoms. The van der Waals surface area contributed by atoms with Gasteiger partial charge in [0.05, 0.1) is 6.67 Å². The Morgan fingerprint density at radius 2 is 1.55 bits per heavy atom. The van der Waals surface area contributed by atoms with E-state index in [4.69, 9.17) is 0 Å². The molecule has 0 radical (unpaired) electrons. The van der Waals surface area contributed by atoms with Crippen LogP contribution < -0.4 is 5.32 Å². The SMILES string of the molecule is Cc1ccsc1CN(C)CN1C(=O)NC(c2ccccc2)(c2ccccc2)C1=O. The number of urea groups is 1. The standard InChI is InChI=1S/C23H23N3O2S/c1-17-13-14-29-20(17)15-25(2)16-26-21(27)23(24-22(26)28,18-9-5-3-6-10-18)19-11-7-4-8-12-19/h3-14H,15-16H2,1-2H3,(H,24,28). The minimum Gasteiger partial charge on any atom is -0.315 e. The Balaban J connectivity index is 1.66. The predicted octanol–water partition coefficient (Wildman–Crippen LogP) is 3.94. The van der Waals surface area contributed by atoms with Crippen LogP contribution in [0.1, 0.15) is 21.6 Å². The average molecular weight is 406 g/mol. The first-order valence-corrected chi connectivity index (χ1v) is 10.4. The lowest BCUT2D eigenvalue weighted by molar-refractivity contribution is -0.131. The van der Waals surface area contributed by atoms with E-state index in [2.05, 4.69) is 23.7 Å². The fourth-order valence-electron chi connectivity index (χ4n) is 3.74. The van der Waals surface area contributed by atoms with Gasteiger partial charge in [0.25, 0.3) is 5.91 Å². The van der Waals surface area contributed by atoms with Crippen LogP contribution in [0, 0.1) is 6.92 Å². The molecule has 2 aromatic carbocycles. The monoisotopic (exact) mass is 405 g/mol. The van der Waals surface area contributed by atoms with Gasteiger partial charge in [0.2, 0.25) is 0 Å². The minimum absolute atomic E-state index is 0.226. The van der Waals surface area contributed by atoms with Crippen molar-refractivity contribution in [1.29, 1.82) is 0 Å². The fourth-order valence-corrected chi connectivity index (χ4v) is 4.73. The molecule has 3 amide bonds. The van der Waals surface area contributed by atoms with Gasteiger partial charge in [0.15, 0.2) is 5.54 Å². The summed E-state index contributed by atoms with van der Waals surface area (Å²) in [5.41, 5.74) is 1.52. The molecule has 0 atom stereocenters. The van der Waals surface area contributed by atoms with Gasteiger partial charge in [-0.15, -0.1) is 11.3 Å². The van der Waals surface area contributed by atoms with Gasteiger partial charge < -0.3 is 5.32 Å². The zero-order valence-electron chi connectivity index (χ0n) is 16.5. The van der Waals surface area contributed by atoms with E-state index in [1.54, 1.807) is 11.3 Å². The number of amides is 3. The first kappa shape index (κ1) is 19.4. The van der Waals surface area contributed by atoms with E-state index in [0.29, 0.717) is 6.54 Å². The van der Waals surface area contributed by atoms with E-state index in [1.165, 1.54) is 15.3 Å². The van der Waals surface area contributed by atoms with Gasteiger partial charge in [-0.25, -0.2) is 9.69 Å². The van der Waals surface area contributed by atoms with Crippen molar-refractivity contribution in [3.8, 4) is 0 Å². The van der Waals surface area contributed by atoms with Crippen molar-refractivity contribution in [3.05, 3.63) is 93.7 Å². The Hall–Kier alpha value is -2.96. The highest BCUT2D eigenvalue weighted by molar-refractivity contribution is 7.10. The lowest BCUT2D eigenvalue weighted by Crippen LogP contribution is -2.46. The second-order valence-electron chi connectivity index (χ2n) is 7.33. The van der Waals surface area contributed by atoms with Crippen LogP contribution in [0.2, 0.25) is 0 Å². The summed E-state index contributed by atoms with van der Waals surface area (Å²) in [7, 11) is 1.92. The molecule has 1 aromatic heterocycles. The highest BCUT2D eigenvalue weighted by Gasteiger charge is 2.53. The van der Waals surface area contributed by atoms with Gasteiger partial charge in [-0.1, -0.05) is 60.7 Å². The molecule has 1 fully saturated rings. The lowest BCUT2D eigenvalue weighted by Gasteiger charge is -2.28. The maximum absolute atomic E-state index is 13.7. The molecular formula is C23H23N3O2S. The summed E-state index contributed by atoms with van der Waals surface area (Å²) in [5, 5.41) is 5.05. The van der Waals surface area contributed by atoms with E-state index in [9.17, 15) is 9.59 Å². The molecule has 29 heavy (non-hydrogen) atoms. The molecule has 1 aliphatic heterocycles. The molecule has 0 bridgehead atoms. The van der Waals surface area contributed by atoms with E-state index in [0.717, 1.165) is 11.1 Å². The number of imide groups is 1. The van der Waals surface area contributed by atoms with Crippen LogP contribution in [-0.2, 0) is 16.9 Å². The largest absolute Gasteiger partial charge is 0.326 e. The van der Waals surface area contributed by atoms with Crippen molar-refractivity contribution in [1.82, 2.24) is 15.1 Å². The van der Waals surface area contributed by atoms with E-state index < -0.39 is 5.54 Å². The molecule has 1 N–H and O–H groups in total. The number of aryl methyl sites for hydroxylation is 1. The predicted molar refractivity (Wildman–Crippen MR) is 114 cm³/mol. The number of rotatable bonds is 6. The molecule has 1 saturated heterocycles. The first-order chi connectivity index (χ1) is 14.0. The van der Waals surface area contributed by atoms with Crippen LogP contribution in [0.5, 0.6) is 0 Å². The van der Waals surface area contributed by atoms with Crippen molar-refractivity contribution in [2.24, 2.45) is 0 Å². The van der Waals surface area contributed by atoms with E-state index >= 15 is 0 Å². The van der Waals surface area contributed by atoms with Gasteiger partial charge in [-0.3, -0.25) is 9.69 Å². The number of hydrogen-bond acceptors (Lipinski definition) is 4. The molecule has 0 saturated carbocycles. The maximum Gasteiger partial charge on any atom is 0.326 e. The number of carbonyl (C=O) groups excluding carboxylic acids is 2. The van der Waals surface area contributed by atoms with Crippen molar-refractivity contribution < 1.29 is 9.59 Å². The quantitative estimate of drug-likeness (QED) is 0.632. The van der Waals surface area contributed by atoms with Gasteiger partial charge >= 0.3 is 6.03 Å². The molecule has 5 nitrogen and oxygen atoms in total. The maximum atomic E-state index is 13.7. The summed E-state index contributed by atoms with van der Waals surface area (Å²) in [6.07, 6.45) is 0. The Morgan fingerprint density at radius 3 is 2.07 bits per heavy atom. The Kier molecular flexibility index (Phi) is 5.22. The van der Waals surface area contributed by atoms with Gasteiger partial charge in [0.1, 0.15) is 0 Å². The topological polar surface area (TPSA) is 52.6 Å². The lowest BCUT2D eigenvalue weighted by atomic mass is 9.83. The molecule has 4 rings (SSSR count). The Bertz CT molecular complexity index is 977. The molecule has 148 valence electrons. The molecule has 2 heterocycles. The van der Waals surface area contributed by atoms with Gasteiger partial charge in [-0.2, -0.15) is 0 Å². The van der Waals surface area contributed by atoms with Crippen molar-refractivity contribution >= 4 is 23.3 Å². The number of nitrogens with zero attached hydrogens (tertiary/aromatic N) is 2. The average Bonchev–Trinajstić information content (AvgIpc) is 3.25. The molecule has 0 unspecified atom stereocenters. The second-order valence-corrected chi connectivity index (χ2v) is 8.33. The summed E-state index contributed by atoms with van der Waals surface area (Å²) in [4.78, 5) is 31.1. The highest BCUT2D eigenvalue weighted by atomic mass is 32.1. The molecule has 1 aliphatic rings. The minimum atomic E-state index is -1.21. The highest BCUT2D eigenvalue weighted by Crippen LogP contribution is 2.36. The number of benzene rings is 2. The second kappa shape index (κ2) is 7.81. The van der Waals surface area contributed by atoms with Gasteiger partial charge in [0, 0.05) is 11.4 Å². The third-order valence-corrected chi connectivity index (χ3v) is 6.29. The smallest absolute Gasteiger partial charge is 0.315 e. The van der Waals surface area contributed by atoms with Gasteiger partial charge in [-0.05, 0) is 42.1 Å². The van der Waals surface area contributed by atoms with Crippen LogP contribution in [0.4, 0.5) is 4.79 Å². The summed E-state index contributed by atoms with van der Waals surface area (Å²) in [6, 6.07) is 20.6. The summed E-state index contributed by atoms with van der Waals surface area (Å²) < 4.78 is 0. The van der Waals surface area contributed by atoms with Crippen LogP contribution in [0.3, 0.4) is 0 Å². The van der Waals surface area contributed by atoms with E-state index in [-0.39, 0.29) is 18.6 Å². The molecule has 0 spiro atoms. The zero-order chi connectivity index (χ0) is 20.4. The Labute approximate surface area is 174 Å². The summed E-state index contributed by atoms with van der Waals surface area (Å²) in [6.45, 7) is 2.98. The number of hydrogen-bond donors (Lipinski definition) is 1. The van der Waals surface area contributed by atoms with Crippen molar-refractivity contribution in [3.63, 3.8) is 0 Å². The van der Waals surface area contributed by atoms with Crippen LogP contribution in [-0.4, -0.2) is 35.5 Å². The third-order valence-electron chi connectivity index (χ3n) is 5.28. The summed E-state index contributed by atoms with van der Waals surface area (Å²) in [5.74, 6) is -0.255. The third kappa shape index (κ3) is 3.45.